The van der Waals surface area contributed by atoms with Crippen molar-refractivity contribution >= 4 is 11.6 Å². The number of carbonyl (C=O) groups is 1. The first kappa shape index (κ1) is 17.4. The predicted octanol–water partition coefficient (Wildman–Crippen LogP) is 3.79. The number of amides is 1. The molecule has 0 radical (unpaired) electrons. The molecule has 1 aliphatic carbocycles. The number of H-pyrrole nitrogens is 1. The van der Waals surface area contributed by atoms with Gasteiger partial charge in [0.05, 0.1) is 5.71 Å². The molecule has 1 aromatic heterocycles. The third-order valence-corrected chi connectivity index (χ3v) is 4.79. The van der Waals surface area contributed by atoms with Crippen LogP contribution in [0.4, 0.5) is 0 Å². The van der Waals surface area contributed by atoms with Crippen molar-refractivity contribution in [3.63, 3.8) is 0 Å². The predicted molar refractivity (Wildman–Crippen MR) is 100.0 cm³/mol. The maximum atomic E-state index is 12.3. The number of benzene rings is 1. The molecular weight excluding hydrogens is 312 g/mol. The van der Waals surface area contributed by atoms with Gasteiger partial charge in [0.15, 0.2) is 5.69 Å². The first-order valence-electron chi connectivity index (χ1n) is 9.19. The molecule has 3 rings (SSSR count). The second-order valence-corrected chi connectivity index (χ2v) is 6.68. The van der Waals surface area contributed by atoms with Crippen molar-refractivity contribution < 1.29 is 4.79 Å². The molecule has 5 heteroatoms. The van der Waals surface area contributed by atoms with Gasteiger partial charge >= 0.3 is 0 Å². The van der Waals surface area contributed by atoms with Crippen LogP contribution in [0.2, 0.25) is 0 Å². The fraction of sp³-hybridized carbons (Fsp3) is 0.450. The van der Waals surface area contributed by atoms with Crippen molar-refractivity contribution in [3.8, 4) is 0 Å². The summed E-state index contributed by atoms with van der Waals surface area (Å²) in [5.74, 6) is -0.241. The number of aromatic amines is 1. The van der Waals surface area contributed by atoms with Crippen molar-refractivity contribution in [1.82, 2.24) is 15.6 Å². The van der Waals surface area contributed by atoms with E-state index in [9.17, 15) is 4.79 Å². The SMILES string of the molecule is CCCCCc1ccc(/C(C)=N\NC(=O)c2n[nH]c3c2CCC3)cc1. The van der Waals surface area contributed by atoms with E-state index in [0.29, 0.717) is 5.69 Å². The third-order valence-electron chi connectivity index (χ3n) is 4.79. The molecule has 0 unspecified atom stereocenters. The molecular formula is C20H26N4O. The number of fused-ring (bicyclic) bond motifs is 1. The molecule has 1 aliphatic rings. The maximum Gasteiger partial charge on any atom is 0.292 e. The Morgan fingerprint density at radius 1 is 1.24 bits per heavy atom. The highest BCUT2D eigenvalue weighted by Crippen LogP contribution is 2.22. The van der Waals surface area contributed by atoms with Gasteiger partial charge in [-0.1, -0.05) is 44.0 Å². The number of nitrogens with one attached hydrogen (secondary N) is 2. The zero-order chi connectivity index (χ0) is 17.6. The number of hydrogen-bond acceptors (Lipinski definition) is 3. The summed E-state index contributed by atoms with van der Waals surface area (Å²) in [7, 11) is 0. The molecule has 1 heterocycles. The number of hydrogen-bond donors (Lipinski definition) is 2. The van der Waals surface area contributed by atoms with Gasteiger partial charge in [-0.25, -0.2) is 5.43 Å². The van der Waals surface area contributed by atoms with Gasteiger partial charge in [0.1, 0.15) is 0 Å². The lowest BCUT2D eigenvalue weighted by atomic mass is 10.0. The number of rotatable bonds is 7. The number of aryl methyl sites for hydroxylation is 2. The normalized spacial score (nSPS) is 13.8. The quantitative estimate of drug-likeness (QED) is 0.458. The van der Waals surface area contributed by atoms with Crippen molar-refractivity contribution in [2.75, 3.05) is 0 Å². The minimum atomic E-state index is -0.241. The average molecular weight is 338 g/mol. The van der Waals surface area contributed by atoms with Crippen LogP contribution in [-0.2, 0) is 19.3 Å². The molecule has 2 N–H and O–H groups in total. The summed E-state index contributed by atoms with van der Waals surface area (Å²) >= 11 is 0. The smallest absolute Gasteiger partial charge is 0.281 e. The van der Waals surface area contributed by atoms with Crippen molar-refractivity contribution in [3.05, 3.63) is 52.3 Å². The minimum Gasteiger partial charge on any atom is -0.281 e. The van der Waals surface area contributed by atoms with Crippen LogP contribution in [0, 0.1) is 0 Å². The van der Waals surface area contributed by atoms with Crippen LogP contribution >= 0.6 is 0 Å². The standard InChI is InChI=1S/C20H26N4O/c1-3-4-5-7-15-10-12-16(13-11-15)14(2)21-24-20(25)19-17-8-6-9-18(17)22-23-19/h10-13H,3-9H2,1-2H3,(H,22,23)(H,24,25)/b21-14-. The fourth-order valence-electron chi connectivity index (χ4n) is 3.25. The van der Waals surface area contributed by atoms with Crippen LogP contribution in [0.15, 0.2) is 29.4 Å². The molecule has 0 bridgehead atoms. The van der Waals surface area contributed by atoms with E-state index < -0.39 is 0 Å². The van der Waals surface area contributed by atoms with E-state index in [1.165, 1.54) is 24.8 Å². The fourth-order valence-corrected chi connectivity index (χ4v) is 3.25. The van der Waals surface area contributed by atoms with Crippen LogP contribution in [0.3, 0.4) is 0 Å². The van der Waals surface area contributed by atoms with Crippen LogP contribution in [-0.4, -0.2) is 21.8 Å². The van der Waals surface area contributed by atoms with E-state index in [2.05, 4.69) is 51.9 Å². The van der Waals surface area contributed by atoms with Crippen molar-refractivity contribution in [1.29, 1.82) is 0 Å². The van der Waals surface area contributed by atoms with Crippen molar-refractivity contribution in [2.24, 2.45) is 5.10 Å². The first-order valence-corrected chi connectivity index (χ1v) is 9.19. The molecule has 0 fully saturated rings. The van der Waals surface area contributed by atoms with E-state index >= 15 is 0 Å². The molecule has 0 saturated carbocycles. The molecule has 2 aromatic rings. The topological polar surface area (TPSA) is 70.1 Å². The zero-order valence-electron chi connectivity index (χ0n) is 15.1. The number of unbranched alkanes of at least 4 members (excludes halogenated alkanes) is 2. The highest BCUT2D eigenvalue weighted by molar-refractivity contribution is 6.00. The molecule has 132 valence electrons. The summed E-state index contributed by atoms with van der Waals surface area (Å²) in [4.78, 5) is 12.3. The summed E-state index contributed by atoms with van der Waals surface area (Å²) in [5, 5.41) is 11.3. The Hall–Kier alpha value is -2.43. The van der Waals surface area contributed by atoms with Gasteiger partial charge in [0, 0.05) is 11.3 Å². The Balaban J connectivity index is 1.60. The Labute approximate surface area is 148 Å². The van der Waals surface area contributed by atoms with Gasteiger partial charge < -0.3 is 0 Å². The van der Waals surface area contributed by atoms with Crippen LogP contribution in [0.1, 0.15) is 72.4 Å². The van der Waals surface area contributed by atoms with Crippen LogP contribution in [0.25, 0.3) is 0 Å². The molecule has 0 saturated heterocycles. The molecule has 25 heavy (non-hydrogen) atoms. The second-order valence-electron chi connectivity index (χ2n) is 6.68. The summed E-state index contributed by atoms with van der Waals surface area (Å²) in [6, 6.07) is 8.43. The summed E-state index contributed by atoms with van der Waals surface area (Å²) in [6.07, 6.45) is 7.82. The molecule has 0 atom stereocenters. The van der Waals surface area contributed by atoms with Crippen LogP contribution in [0.5, 0.6) is 0 Å². The summed E-state index contributed by atoms with van der Waals surface area (Å²) < 4.78 is 0. The zero-order valence-corrected chi connectivity index (χ0v) is 15.1. The number of hydrazone groups is 1. The molecule has 0 spiro atoms. The van der Waals surface area contributed by atoms with E-state index in [0.717, 1.165) is 48.2 Å². The molecule has 1 amide bonds. The van der Waals surface area contributed by atoms with E-state index in [4.69, 9.17) is 0 Å². The van der Waals surface area contributed by atoms with Gasteiger partial charge in [-0.3, -0.25) is 9.89 Å². The Morgan fingerprint density at radius 2 is 2.04 bits per heavy atom. The first-order chi connectivity index (χ1) is 12.2. The van der Waals surface area contributed by atoms with Gasteiger partial charge in [0.25, 0.3) is 5.91 Å². The molecule has 5 nitrogen and oxygen atoms in total. The number of nitrogens with zero attached hydrogens (tertiary/aromatic N) is 2. The second kappa shape index (κ2) is 8.10. The number of carbonyl (C=O) groups excluding carboxylic acids is 1. The van der Waals surface area contributed by atoms with Crippen LogP contribution < -0.4 is 5.43 Å². The lowest BCUT2D eigenvalue weighted by molar-refractivity contribution is 0.0949. The summed E-state index contributed by atoms with van der Waals surface area (Å²) in [5.41, 5.74) is 8.41. The van der Waals surface area contributed by atoms with Gasteiger partial charge in [-0.05, 0) is 50.2 Å². The lowest BCUT2D eigenvalue weighted by Gasteiger charge is -2.05. The monoisotopic (exact) mass is 338 g/mol. The van der Waals surface area contributed by atoms with Gasteiger partial charge in [-0.15, -0.1) is 0 Å². The average Bonchev–Trinajstić information content (AvgIpc) is 3.23. The van der Waals surface area contributed by atoms with Gasteiger partial charge in [-0.2, -0.15) is 10.2 Å². The highest BCUT2D eigenvalue weighted by Gasteiger charge is 2.22. The molecule has 1 aromatic carbocycles. The van der Waals surface area contributed by atoms with E-state index in [1.54, 1.807) is 0 Å². The number of aromatic nitrogens is 2. The Kier molecular flexibility index (Phi) is 5.64. The Morgan fingerprint density at radius 3 is 2.80 bits per heavy atom. The highest BCUT2D eigenvalue weighted by atomic mass is 16.2. The van der Waals surface area contributed by atoms with E-state index in [-0.39, 0.29) is 5.91 Å². The lowest BCUT2D eigenvalue weighted by Crippen LogP contribution is -2.21. The van der Waals surface area contributed by atoms with Crippen molar-refractivity contribution in [2.45, 2.75) is 58.8 Å². The molecule has 0 aliphatic heterocycles. The van der Waals surface area contributed by atoms with E-state index in [1.807, 2.05) is 6.92 Å². The Bertz CT molecular complexity index is 759. The maximum absolute atomic E-state index is 12.3. The summed E-state index contributed by atoms with van der Waals surface area (Å²) in [6.45, 7) is 4.12. The largest absolute Gasteiger partial charge is 0.292 e. The third kappa shape index (κ3) is 4.16. The minimum absolute atomic E-state index is 0.241. The van der Waals surface area contributed by atoms with Gasteiger partial charge in [0.2, 0.25) is 0 Å².